The number of hydrogen-bond acceptors (Lipinski definition) is 6. The van der Waals surface area contributed by atoms with E-state index < -0.39 is 0 Å². The molecule has 1 aliphatic heterocycles. The largest absolute Gasteiger partial charge is 0.379 e. The standard InChI is InChI=1S/C39H49N11O3/c1-7-49-33(24-27(3)42-49)36(51)40-38-44(5)30-15-9-10-16-31(30)47(38)18-11-12-19-48-32-17-13-14-29(26-46-20-22-53-23-21-46)35(32)45(6)39(48)41-37(52)34-25-28(4)43-50(34)8-2/h9-10,13-17,24-25H,7-8,11-12,18-23,26H2,1-6H3/b40-38+,41-39?. The Morgan fingerprint density at radius 3 is 1.83 bits per heavy atom. The van der Waals surface area contributed by atoms with Crippen molar-refractivity contribution in [1.29, 1.82) is 0 Å². The fourth-order valence-electron chi connectivity index (χ4n) is 7.54. The molecule has 6 aromatic rings. The molecule has 2 amide bonds. The number of hydrogen-bond donors (Lipinski definition) is 0. The molecule has 1 fully saturated rings. The van der Waals surface area contributed by atoms with Crippen molar-refractivity contribution < 1.29 is 14.3 Å². The third kappa shape index (κ3) is 7.08. The van der Waals surface area contributed by atoms with E-state index in [0.29, 0.717) is 48.8 Å². The van der Waals surface area contributed by atoms with E-state index in [-0.39, 0.29) is 11.8 Å². The Balaban J connectivity index is 1.23. The van der Waals surface area contributed by atoms with Crippen molar-refractivity contribution in [3.63, 3.8) is 0 Å². The van der Waals surface area contributed by atoms with Gasteiger partial charge in [0, 0.05) is 59.9 Å². The van der Waals surface area contributed by atoms with E-state index in [9.17, 15) is 9.59 Å². The van der Waals surface area contributed by atoms with Crippen LogP contribution in [-0.2, 0) is 51.6 Å². The highest BCUT2D eigenvalue weighted by atomic mass is 16.5. The van der Waals surface area contributed by atoms with Crippen LogP contribution < -0.4 is 11.2 Å². The zero-order valence-electron chi connectivity index (χ0n) is 31.6. The molecule has 2 aromatic carbocycles. The van der Waals surface area contributed by atoms with Crippen LogP contribution in [0.4, 0.5) is 0 Å². The number of aromatic nitrogens is 8. The minimum Gasteiger partial charge on any atom is -0.379 e. The molecule has 278 valence electrons. The smallest absolute Gasteiger partial charge is 0.298 e. The van der Waals surface area contributed by atoms with E-state index in [1.165, 1.54) is 5.56 Å². The lowest BCUT2D eigenvalue weighted by atomic mass is 10.1. The molecule has 14 nitrogen and oxygen atoms in total. The molecule has 7 rings (SSSR count). The number of fused-ring (bicyclic) bond motifs is 2. The molecular formula is C39H49N11O3. The third-order valence-corrected chi connectivity index (χ3v) is 10.1. The molecule has 1 aliphatic rings. The van der Waals surface area contributed by atoms with E-state index in [2.05, 4.69) is 58.1 Å². The SMILES string of the molecule is CCn1nc(C)cc1C(=O)N=c1n(C)c2c(CN3CCOCC3)cccc2n1CCCCn1/c(=N/C(=O)c2cc(C)nn2CC)n(C)c2ccccc21. The van der Waals surface area contributed by atoms with Crippen LogP contribution >= 0.6 is 0 Å². The van der Waals surface area contributed by atoms with E-state index in [1.54, 1.807) is 21.5 Å². The van der Waals surface area contributed by atoms with Crippen molar-refractivity contribution in [3.8, 4) is 0 Å². The zero-order chi connectivity index (χ0) is 37.2. The van der Waals surface area contributed by atoms with E-state index >= 15 is 0 Å². The first-order chi connectivity index (χ1) is 25.7. The summed E-state index contributed by atoms with van der Waals surface area (Å²) < 4.78 is 17.4. The topological polar surface area (TPSA) is 127 Å². The summed E-state index contributed by atoms with van der Waals surface area (Å²) in [5.41, 5.74) is 9.01. The van der Waals surface area contributed by atoms with Gasteiger partial charge in [-0.3, -0.25) is 23.9 Å². The molecule has 5 heterocycles. The van der Waals surface area contributed by atoms with Gasteiger partial charge in [0.15, 0.2) is 0 Å². The maximum absolute atomic E-state index is 13.8. The van der Waals surface area contributed by atoms with Gasteiger partial charge in [0.1, 0.15) is 11.4 Å². The molecule has 0 bridgehead atoms. The Hall–Kier alpha value is -5.34. The number of carbonyl (C=O) groups excluding carboxylic acids is 2. The number of aryl methyl sites for hydroxylation is 8. The number of amides is 2. The van der Waals surface area contributed by atoms with Crippen molar-refractivity contribution >= 4 is 33.9 Å². The van der Waals surface area contributed by atoms with Crippen molar-refractivity contribution in [2.24, 2.45) is 24.1 Å². The maximum Gasteiger partial charge on any atom is 0.298 e. The predicted molar refractivity (Wildman–Crippen MR) is 202 cm³/mol. The molecule has 4 aromatic heterocycles. The van der Waals surface area contributed by atoms with E-state index in [0.717, 1.165) is 79.1 Å². The molecule has 0 atom stereocenters. The molecular weight excluding hydrogens is 671 g/mol. The number of ether oxygens (including phenoxy) is 1. The van der Waals surface area contributed by atoms with Crippen LogP contribution in [0.5, 0.6) is 0 Å². The normalized spacial score (nSPS) is 14.7. The first-order valence-corrected chi connectivity index (χ1v) is 18.6. The second-order valence-corrected chi connectivity index (χ2v) is 13.7. The van der Waals surface area contributed by atoms with Gasteiger partial charge in [-0.2, -0.15) is 20.2 Å². The van der Waals surface area contributed by atoms with Gasteiger partial charge in [-0.1, -0.05) is 24.3 Å². The molecule has 0 unspecified atom stereocenters. The Morgan fingerprint density at radius 1 is 0.717 bits per heavy atom. The first kappa shape index (κ1) is 36.0. The average molecular weight is 720 g/mol. The minimum atomic E-state index is -0.318. The number of benzene rings is 2. The quantitative estimate of drug-likeness (QED) is 0.186. The van der Waals surface area contributed by atoms with Gasteiger partial charge in [-0.25, -0.2) is 0 Å². The van der Waals surface area contributed by atoms with Crippen molar-refractivity contribution in [2.75, 3.05) is 26.3 Å². The highest BCUT2D eigenvalue weighted by Crippen LogP contribution is 2.21. The van der Waals surface area contributed by atoms with E-state index in [4.69, 9.17) is 9.73 Å². The number of rotatable bonds is 11. The predicted octanol–water partition coefficient (Wildman–Crippen LogP) is 4.12. The van der Waals surface area contributed by atoms with Crippen molar-refractivity contribution in [2.45, 2.75) is 73.3 Å². The minimum absolute atomic E-state index is 0.316. The molecule has 53 heavy (non-hydrogen) atoms. The highest BCUT2D eigenvalue weighted by molar-refractivity contribution is 5.94. The maximum atomic E-state index is 13.8. The third-order valence-electron chi connectivity index (χ3n) is 10.1. The van der Waals surface area contributed by atoms with Crippen molar-refractivity contribution in [3.05, 3.63) is 94.2 Å². The molecule has 14 heteroatoms. The fourth-order valence-corrected chi connectivity index (χ4v) is 7.54. The number of morpholine rings is 1. The Morgan fingerprint density at radius 2 is 1.25 bits per heavy atom. The van der Waals surface area contributed by atoms with Gasteiger partial charge >= 0.3 is 0 Å². The lowest BCUT2D eigenvalue weighted by Gasteiger charge is -2.26. The summed E-state index contributed by atoms with van der Waals surface area (Å²) in [5, 5.41) is 8.95. The summed E-state index contributed by atoms with van der Waals surface area (Å²) in [6.45, 7) is 14.2. The second kappa shape index (κ2) is 15.3. The Labute approximate surface area is 308 Å². The van der Waals surface area contributed by atoms with Crippen LogP contribution in [0.1, 0.15) is 64.6 Å². The molecule has 0 radical (unpaired) electrons. The molecule has 0 spiro atoms. The van der Waals surface area contributed by atoms with Crippen LogP contribution in [0.15, 0.2) is 64.6 Å². The van der Waals surface area contributed by atoms with Crippen LogP contribution in [0.3, 0.4) is 0 Å². The summed E-state index contributed by atoms with van der Waals surface area (Å²) in [4.78, 5) is 39.2. The van der Waals surface area contributed by atoms with Gasteiger partial charge < -0.3 is 23.0 Å². The van der Waals surface area contributed by atoms with Crippen LogP contribution in [0, 0.1) is 13.8 Å². The lowest BCUT2D eigenvalue weighted by molar-refractivity contribution is 0.0343. The Bertz CT molecular complexity index is 2440. The number of para-hydroxylation sites is 3. The van der Waals surface area contributed by atoms with Gasteiger partial charge in [-0.05, 0) is 76.4 Å². The van der Waals surface area contributed by atoms with Crippen LogP contribution in [0.25, 0.3) is 22.1 Å². The van der Waals surface area contributed by atoms with Gasteiger partial charge in [-0.15, -0.1) is 0 Å². The summed E-state index contributed by atoms with van der Waals surface area (Å²) in [5.74, 6) is -0.634. The molecule has 0 saturated carbocycles. The summed E-state index contributed by atoms with van der Waals surface area (Å²) in [6.07, 6.45) is 1.60. The van der Waals surface area contributed by atoms with E-state index in [1.807, 2.05) is 64.6 Å². The van der Waals surface area contributed by atoms with Gasteiger partial charge in [0.05, 0.1) is 46.7 Å². The monoisotopic (exact) mass is 719 g/mol. The summed E-state index contributed by atoms with van der Waals surface area (Å²) in [6, 6.07) is 18.1. The van der Waals surface area contributed by atoms with Gasteiger partial charge in [0.2, 0.25) is 11.2 Å². The number of imidazole rings is 2. The fraction of sp³-hybridized carbons (Fsp3) is 0.436. The zero-order valence-corrected chi connectivity index (χ0v) is 31.6. The van der Waals surface area contributed by atoms with Crippen molar-refractivity contribution in [1.82, 2.24) is 42.7 Å². The second-order valence-electron chi connectivity index (χ2n) is 13.7. The Kier molecular flexibility index (Phi) is 10.4. The average Bonchev–Trinajstić information content (AvgIpc) is 3.89. The number of unbranched alkanes of at least 4 members (excludes halogenated alkanes) is 1. The highest BCUT2D eigenvalue weighted by Gasteiger charge is 2.20. The summed E-state index contributed by atoms with van der Waals surface area (Å²) >= 11 is 0. The molecule has 1 saturated heterocycles. The lowest BCUT2D eigenvalue weighted by Crippen LogP contribution is -2.35. The van der Waals surface area contributed by atoms with Gasteiger partial charge in [0.25, 0.3) is 11.8 Å². The first-order valence-electron chi connectivity index (χ1n) is 18.6. The van der Waals surface area contributed by atoms with Crippen LogP contribution in [0.2, 0.25) is 0 Å². The summed E-state index contributed by atoms with van der Waals surface area (Å²) in [7, 11) is 3.95. The molecule has 0 aliphatic carbocycles. The molecule has 0 N–H and O–H groups in total. The number of carbonyl (C=O) groups is 2. The number of nitrogens with zero attached hydrogens (tertiary/aromatic N) is 11. The van der Waals surface area contributed by atoms with Crippen LogP contribution in [-0.4, -0.2) is 80.8 Å².